The Morgan fingerprint density at radius 3 is 2.41 bits per heavy atom. The van der Waals surface area contributed by atoms with Crippen molar-refractivity contribution in [2.24, 2.45) is 0 Å². The summed E-state index contributed by atoms with van der Waals surface area (Å²) in [6.07, 6.45) is 0. The van der Waals surface area contributed by atoms with Crippen molar-refractivity contribution in [1.82, 2.24) is 0 Å². The summed E-state index contributed by atoms with van der Waals surface area (Å²) in [5.41, 5.74) is 0.957. The lowest BCUT2D eigenvalue weighted by atomic mass is 10.0. The molecule has 0 aromatic heterocycles. The molecule has 0 unspecified atom stereocenters. The van der Waals surface area contributed by atoms with E-state index in [1.165, 1.54) is 6.07 Å². The molecule has 2 aromatic rings. The van der Waals surface area contributed by atoms with Crippen LogP contribution in [0.15, 0.2) is 36.4 Å². The quantitative estimate of drug-likeness (QED) is 0.599. The van der Waals surface area contributed by atoms with E-state index >= 15 is 0 Å². The van der Waals surface area contributed by atoms with E-state index in [0.29, 0.717) is 21.2 Å². The van der Waals surface area contributed by atoms with Crippen LogP contribution >= 0.6 is 23.2 Å². The SMILES string of the molecule is O=[N+]([O-])c1[c]cccc1-c1cc(Cl)cc(Cl)c1. The van der Waals surface area contributed by atoms with Gasteiger partial charge < -0.3 is 0 Å². The molecule has 0 amide bonds. The van der Waals surface area contributed by atoms with Crippen LogP contribution in [0.1, 0.15) is 0 Å². The molecule has 0 aliphatic rings. The maximum Gasteiger partial charge on any atom is 0.285 e. The number of rotatable bonds is 2. The fourth-order valence-electron chi connectivity index (χ4n) is 1.52. The fourth-order valence-corrected chi connectivity index (χ4v) is 2.05. The normalized spacial score (nSPS) is 10.2. The molecule has 0 fully saturated rings. The van der Waals surface area contributed by atoms with Gasteiger partial charge >= 0.3 is 0 Å². The minimum absolute atomic E-state index is 0.0918. The second-order valence-electron chi connectivity index (χ2n) is 3.35. The van der Waals surface area contributed by atoms with Gasteiger partial charge in [-0.3, -0.25) is 10.1 Å². The first-order valence-corrected chi connectivity index (χ1v) is 5.45. The molecule has 0 N–H and O–H groups in total. The number of nitro groups is 1. The molecule has 0 aliphatic heterocycles. The van der Waals surface area contributed by atoms with Gasteiger partial charge in [0.2, 0.25) is 0 Å². The summed E-state index contributed by atoms with van der Waals surface area (Å²) in [5, 5.41) is 11.7. The van der Waals surface area contributed by atoms with E-state index < -0.39 is 4.92 Å². The molecule has 17 heavy (non-hydrogen) atoms. The van der Waals surface area contributed by atoms with Crippen LogP contribution in [-0.4, -0.2) is 4.92 Å². The molecule has 85 valence electrons. The lowest BCUT2D eigenvalue weighted by Crippen LogP contribution is -1.91. The van der Waals surface area contributed by atoms with Crippen molar-refractivity contribution in [3.63, 3.8) is 0 Å². The van der Waals surface area contributed by atoms with E-state index in [1.54, 1.807) is 30.3 Å². The van der Waals surface area contributed by atoms with Crippen LogP contribution in [-0.2, 0) is 0 Å². The predicted octanol–water partition coefficient (Wildman–Crippen LogP) is 4.37. The number of hydrogen-bond donors (Lipinski definition) is 0. The van der Waals surface area contributed by atoms with Gasteiger partial charge in [-0.2, -0.15) is 0 Å². The number of nitrogens with zero attached hydrogens (tertiary/aromatic N) is 1. The van der Waals surface area contributed by atoms with Crippen LogP contribution in [0.3, 0.4) is 0 Å². The van der Waals surface area contributed by atoms with Crippen LogP contribution in [0.2, 0.25) is 10.0 Å². The highest BCUT2D eigenvalue weighted by molar-refractivity contribution is 6.35. The molecule has 5 heteroatoms. The Hall–Kier alpha value is -1.58. The molecular formula is C12H6Cl2NO2. The Bertz CT molecular complexity index is 564. The van der Waals surface area contributed by atoms with Gasteiger partial charge in [-0.25, -0.2) is 0 Å². The van der Waals surface area contributed by atoms with Crippen molar-refractivity contribution in [2.75, 3.05) is 0 Å². The Morgan fingerprint density at radius 2 is 1.82 bits per heavy atom. The zero-order chi connectivity index (χ0) is 12.4. The second kappa shape index (κ2) is 4.73. The zero-order valence-electron chi connectivity index (χ0n) is 8.48. The summed E-state index contributed by atoms with van der Waals surface area (Å²) in [4.78, 5) is 10.4. The van der Waals surface area contributed by atoms with Gasteiger partial charge in [-0.15, -0.1) is 0 Å². The molecule has 0 heterocycles. The minimum Gasteiger partial charge on any atom is -0.258 e. The van der Waals surface area contributed by atoms with Crippen LogP contribution in [0, 0.1) is 16.2 Å². The van der Waals surface area contributed by atoms with E-state index in [4.69, 9.17) is 23.2 Å². The smallest absolute Gasteiger partial charge is 0.258 e. The van der Waals surface area contributed by atoms with E-state index in [0.717, 1.165) is 0 Å². The van der Waals surface area contributed by atoms with Gasteiger partial charge in [0.15, 0.2) is 0 Å². The van der Waals surface area contributed by atoms with Gasteiger partial charge in [0.05, 0.1) is 16.6 Å². The highest BCUT2D eigenvalue weighted by Gasteiger charge is 2.15. The summed E-state index contributed by atoms with van der Waals surface area (Å²) >= 11 is 11.7. The summed E-state index contributed by atoms with van der Waals surface area (Å²) in [5.74, 6) is 0. The Labute approximate surface area is 108 Å². The minimum atomic E-state index is -0.482. The highest BCUT2D eigenvalue weighted by atomic mass is 35.5. The Kier molecular flexibility index (Phi) is 3.31. The van der Waals surface area contributed by atoms with Crippen molar-refractivity contribution in [3.05, 3.63) is 62.6 Å². The first kappa shape index (κ1) is 11.9. The molecular weight excluding hydrogens is 261 g/mol. The third-order valence-corrected chi connectivity index (χ3v) is 2.63. The summed E-state index contributed by atoms with van der Waals surface area (Å²) in [6, 6.07) is 12.2. The number of para-hydroxylation sites is 1. The van der Waals surface area contributed by atoms with Gasteiger partial charge in [0.1, 0.15) is 0 Å². The maximum atomic E-state index is 10.9. The third kappa shape index (κ3) is 2.57. The molecule has 0 spiro atoms. The number of hydrogen-bond acceptors (Lipinski definition) is 2. The third-order valence-electron chi connectivity index (χ3n) is 2.19. The van der Waals surface area contributed by atoms with Gasteiger partial charge in [0, 0.05) is 10.0 Å². The maximum absolute atomic E-state index is 10.9. The average molecular weight is 267 g/mol. The number of benzene rings is 2. The molecule has 0 aliphatic carbocycles. The molecule has 2 aromatic carbocycles. The van der Waals surface area contributed by atoms with Gasteiger partial charge in [0.25, 0.3) is 5.69 Å². The lowest BCUT2D eigenvalue weighted by Gasteiger charge is -2.04. The lowest BCUT2D eigenvalue weighted by molar-refractivity contribution is -0.384. The largest absolute Gasteiger partial charge is 0.285 e. The second-order valence-corrected chi connectivity index (χ2v) is 4.22. The van der Waals surface area contributed by atoms with Crippen molar-refractivity contribution in [2.45, 2.75) is 0 Å². The van der Waals surface area contributed by atoms with E-state index in [9.17, 15) is 10.1 Å². The molecule has 0 saturated carbocycles. The van der Waals surface area contributed by atoms with Crippen LogP contribution in [0.25, 0.3) is 11.1 Å². The molecule has 2 rings (SSSR count). The molecule has 3 nitrogen and oxygen atoms in total. The summed E-state index contributed by atoms with van der Waals surface area (Å²) in [6.45, 7) is 0. The summed E-state index contributed by atoms with van der Waals surface area (Å²) in [7, 11) is 0. The van der Waals surface area contributed by atoms with Crippen molar-refractivity contribution in [3.8, 4) is 11.1 Å². The van der Waals surface area contributed by atoms with Crippen LogP contribution in [0.4, 0.5) is 5.69 Å². The van der Waals surface area contributed by atoms with Crippen LogP contribution in [0.5, 0.6) is 0 Å². The summed E-state index contributed by atoms with van der Waals surface area (Å²) < 4.78 is 0. The number of nitro benzene ring substituents is 1. The van der Waals surface area contributed by atoms with E-state index in [-0.39, 0.29) is 5.69 Å². The molecule has 0 bridgehead atoms. The predicted molar refractivity (Wildman–Crippen MR) is 67.4 cm³/mol. The molecule has 0 saturated heterocycles. The first-order chi connectivity index (χ1) is 8.08. The number of halogens is 2. The zero-order valence-corrected chi connectivity index (χ0v) is 10.00. The monoisotopic (exact) mass is 266 g/mol. The average Bonchev–Trinajstić information content (AvgIpc) is 2.27. The van der Waals surface area contributed by atoms with Crippen molar-refractivity contribution < 1.29 is 4.92 Å². The van der Waals surface area contributed by atoms with E-state index in [2.05, 4.69) is 6.07 Å². The molecule has 0 atom stereocenters. The topological polar surface area (TPSA) is 43.1 Å². The van der Waals surface area contributed by atoms with E-state index in [1.807, 2.05) is 0 Å². The highest BCUT2D eigenvalue weighted by Crippen LogP contribution is 2.32. The Balaban J connectivity index is 2.64. The van der Waals surface area contributed by atoms with Crippen molar-refractivity contribution >= 4 is 28.9 Å². The van der Waals surface area contributed by atoms with Crippen LogP contribution < -0.4 is 0 Å². The first-order valence-electron chi connectivity index (χ1n) is 4.69. The molecule has 1 radical (unpaired) electrons. The fraction of sp³-hybridized carbons (Fsp3) is 0. The Morgan fingerprint density at radius 1 is 1.18 bits per heavy atom. The van der Waals surface area contributed by atoms with Gasteiger partial charge in [-0.1, -0.05) is 29.3 Å². The van der Waals surface area contributed by atoms with Gasteiger partial charge in [-0.05, 0) is 35.9 Å². The van der Waals surface area contributed by atoms with Crippen molar-refractivity contribution in [1.29, 1.82) is 0 Å². The standard InChI is InChI=1S/C12H6Cl2NO2/c13-9-5-8(6-10(14)7-9)11-3-1-2-4-12(11)15(16)17/h1-3,5-7H.